The minimum atomic E-state index is -0.687. The molecule has 21 heteroatoms. The van der Waals surface area contributed by atoms with Gasteiger partial charge in [0.25, 0.3) is 11.8 Å². The van der Waals surface area contributed by atoms with Crippen LogP contribution in [-0.2, 0) is 0 Å². The fraction of sp³-hybridized carbons (Fsp3) is 0.343. The number of urea groups is 1. The van der Waals surface area contributed by atoms with Crippen molar-refractivity contribution in [1.29, 1.82) is 0 Å². The average Bonchev–Trinajstić information content (AvgIpc) is 3.78. The molecule has 2 aliphatic rings. The van der Waals surface area contributed by atoms with Crippen LogP contribution in [0.5, 0.6) is 0 Å². The van der Waals surface area contributed by atoms with E-state index in [0.29, 0.717) is 29.7 Å². The van der Waals surface area contributed by atoms with Gasteiger partial charge in [-0.2, -0.15) is 8.75 Å². The van der Waals surface area contributed by atoms with Crippen LogP contribution in [0.25, 0.3) is 0 Å². The molecule has 0 radical (unpaired) electrons. The van der Waals surface area contributed by atoms with Crippen LogP contribution >= 0.6 is 23.1 Å². The molecule has 2 aliphatic heterocycles. The second kappa shape index (κ2) is 18.0. The summed E-state index contributed by atoms with van der Waals surface area (Å²) in [6.45, 7) is 6.60. The Hall–Kier alpha value is -6.06. The highest BCUT2D eigenvalue weighted by molar-refractivity contribution is 7.10. The van der Waals surface area contributed by atoms with Crippen LogP contribution in [0.15, 0.2) is 48.8 Å². The summed E-state index contributed by atoms with van der Waals surface area (Å²) in [5, 5.41) is 13.3. The van der Waals surface area contributed by atoms with Gasteiger partial charge < -0.3 is 48.3 Å². The van der Waals surface area contributed by atoms with E-state index in [-0.39, 0.29) is 41.1 Å². The second-order valence-electron chi connectivity index (χ2n) is 13.2. The average molecular weight is 804 g/mol. The Labute approximate surface area is 329 Å². The van der Waals surface area contributed by atoms with E-state index in [1.165, 1.54) is 53.5 Å². The van der Waals surface area contributed by atoms with Crippen LogP contribution in [-0.4, -0.2) is 84.8 Å². The zero-order valence-electron chi connectivity index (χ0n) is 30.7. The zero-order chi connectivity index (χ0) is 39.8. The summed E-state index contributed by atoms with van der Waals surface area (Å²) in [5.41, 5.74) is 19.3. The van der Waals surface area contributed by atoms with Crippen molar-refractivity contribution in [1.82, 2.24) is 34.0 Å². The number of nitrogens with two attached hydrogens (primary N) is 3. The molecule has 2 fully saturated rings. The van der Waals surface area contributed by atoms with Crippen molar-refractivity contribution in [3.8, 4) is 0 Å². The molecule has 4 amide bonds. The number of rotatable bonds is 10. The number of aromatic nitrogens is 6. The lowest BCUT2D eigenvalue weighted by molar-refractivity contribution is 0.0987. The molecule has 0 saturated carbocycles. The third-order valence-corrected chi connectivity index (χ3v) is 10.3. The number of carbonyl (C=O) groups is 3. The standard InChI is InChI=1S/C21H23FN8O2S.C14H19N7OS/c1-12-9-17(33-29-12)28-20-18(19(23)31)24-10-16(27-20)30-8-2-3-15(11-30)26-21(32)25-14-6-4-13(22)5-7-14;1-8-5-11(23-20-8)19-14-12(13(16)22)17-6-10(18-14)21-4-2-3-9(15)7-21/h4-7,9-10,15H,2-3,8,11H2,1H3,(H2,23,31)(H,27,28)(H2,25,26,32);5-6,9H,2-4,7,15H2,1H3,(H2,16,22)(H,18,19)/t15-;9-/m11/s1. The Morgan fingerprint density at radius 1 is 0.786 bits per heavy atom. The van der Waals surface area contributed by atoms with Gasteiger partial charge in [-0.05, 0) is 99.0 Å². The first kappa shape index (κ1) is 39.6. The van der Waals surface area contributed by atoms with E-state index < -0.39 is 11.8 Å². The third-order valence-electron chi connectivity index (χ3n) is 8.69. The largest absolute Gasteiger partial charge is 0.364 e. The van der Waals surface area contributed by atoms with Crippen molar-refractivity contribution in [2.45, 2.75) is 51.6 Å². The van der Waals surface area contributed by atoms with E-state index >= 15 is 0 Å². The molecule has 10 N–H and O–H groups in total. The van der Waals surface area contributed by atoms with E-state index in [9.17, 15) is 18.8 Å². The van der Waals surface area contributed by atoms with Crippen molar-refractivity contribution < 1.29 is 18.8 Å². The molecule has 0 aliphatic carbocycles. The maximum atomic E-state index is 13.0. The molecule has 18 nitrogen and oxygen atoms in total. The van der Waals surface area contributed by atoms with Gasteiger partial charge in [0.15, 0.2) is 23.0 Å². The molecule has 0 spiro atoms. The molecule has 5 aromatic rings. The Balaban J connectivity index is 0.000000202. The van der Waals surface area contributed by atoms with Crippen molar-refractivity contribution in [3.63, 3.8) is 0 Å². The lowest BCUT2D eigenvalue weighted by Crippen LogP contribution is -2.49. The van der Waals surface area contributed by atoms with Gasteiger partial charge in [-0.15, -0.1) is 0 Å². The molecule has 294 valence electrons. The number of amides is 4. The number of carbonyl (C=O) groups excluding carboxylic acids is 3. The maximum Gasteiger partial charge on any atom is 0.319 e. The molecule has 2 atom stereocenters. The van der Waals surface area contributed by atoms with Gasteiger partial charge in [0, 0.05) is 44.0 Å². The van der Waals surface area contributed by atoms with Gasteiger partial charge in [0.1, 0.15) is 27.5 Å². The summed E-state index contributed by atoms with van der Waals surface area (Å²) in [7, 11) is 0. The Bertz CT molecular complexity index is 2170. The van der Waals surface area contributed by atoms with Gasteiger partial charge in [0.05, 0.1) is 23.8 Å². The summed E-state index contributed by atoms with van der Waals surface area (Å²) >= 11 is 2.54. The van der Waals surface area contributed by atoms with E-state index in [1.807, 2.05) is 30.9 Å². The Morgan fingerprint density at radius 3 is 1.79 bits per heavy atom. The molecule has 1 aromatic carbocycles. The summed E-state index contributed by atoms with van der Waals surface area (Å²) in [6, 6.07) is 8.90. The minimum absolute atomic E-state index is 0.0372. The number of halogens is 1. The minimum Gasteiger partial charge on any atom is -0.364 e. The number of aryl methyl sites for hydroxylation is 2. The summed E-state index contributed by atoms with van der Waals surface area (Å²) < 4.78 is 21.5. The number of hydrogen-bond donors (Lipinski definition) is 7. The van der Waals surface area contributed by atoms with Gasteiger partial charge in [-0.3, -0.25) is 9.59 Å². The normalized spacial score (nSPS) is 16.6. The first-order valence-corrected chi connectivity index (χ1v) is 19.3. The van der Waals surface area contributed by atoms with Crippen LogP contribution in [0.2, 0.25) is 0 Å². The summed E-state index contributed by atoms with van der Waals surface area (Å²) in [4.78, 5) is 57.4. The van der Waals surface area contributed by atoms with Gasteiger partial charge in [-0.1, -0.05) is 0 Å². The first-order valence-electron chi connectivity index (χ1n) is 17.7. The number of piperidine rings is 2. The molecule has 4 aromatic heterocycles. The smallest absolute Gasteiger partial charge is 0.319 e. The predicted molar refractivity (Wildman–Crippen MR) is 215 cm³/mol. The Kier molecular flexibility index (Phi) is 12.8. The number of hydrogen-bond acceptors (Lipinski definition) is 16. The second-order valence-corrected chi connectivity index (χ2v) is 14.8. The van der Waals surface area contributed by atoms with Crippen LogP contribution in [0, 0.1) is 19.7 Å². The van der Waals surface area contributed by atoms with Crippen molar-refractivity contribution in [3.05, 3.63) is 77.4 Å². The molecule has 0 unspecified atom stereocenters. The lowest BCUT2D eigenvalue weighted by Gasteiger charge is -2.34. The predicted octanol–water partition coefficient (Wildman–Crippen LogP) is 4.03. The van der Waals surface area contributed by atoms with Crippen molar-refractivity contribution >= 4 is 79.9 Å². The SMILES string of the molecule is Cc1cc(Nc2nc(N3CCC[C@@H](N)C3)cnc2C(N)=O)sn1.Cc1cc(Nc2nc(N3CCC[C@@H](NC(=O)Nc4ccc(F)cc4)C3)cnc2C(N)=O)sn1. The highest BCUT2D eigenvalue weighted by atomic mass is 32.1. The molecular formula is C35H42FN15O3S2. The molecule has 0 bridgehead atoms. The van der Waals surface area contributed by atoms with Gasteiger partial charge >= 0.3 is 6.03 Å². The van der Waals surface area contributed by atoms with Gasteiger partial charge in [-0.25, -0.2) is 29.1 Å². The molecule has 6 heterocycles. The quantitative estimate of drug-likeness (QED) is 0.105. The van der Waals surface area contributed by atoms with Gasteiger partial charge in [0.2, 0.25) is 0 Å². The Morgan fingerprint density at radius 2 is 1.30 bits per heavy atom. The lowest BCUT2D eigenvalue weighted by atomic mass is 10.1. The number of nitrogens with zero attached hydrogens (tertiary/aromatic N) is 8. The molecule has 7 rings (SSSR count). The van der Waals surface area contributed by atoms with Crippen LogP contribution in [0.4, 0.5) is 48.1 Å². The number of benzene rings is 1. The van der Waals surface area contributed by atoms with E-state index in [1.54, 1.807) is 6.20 Å². The first-order chi connectivity index (χ1) is 26.9. The molecule has 2 saturated heterocycles. The highest BCUT2D eigenvalue weighted by Crippen LogP contribution is 2.27. The van der Waals surface area contributed by atoms with Crippen molar-refractivity contribution in [2.75, 3.05) is 51.9 Å². The van der Waals surface area contributed by atoms with Crippen molar-refractivity contribution in [2.24, 2.45) is 17.2 Å². The van der Waals surface area contributed by atoms with Crippen LogP contribution in [0.3, 0.4) is 0 Å². The van der Waals surface area contributed by atoms with Crippen LogP contribution in [0.1, 0.15) is 58.0 Å². The third kappa shape index (κ3) is 10.6. The fourth-order valence-electron chi connectivity index (χ4n) is 6.08. The van der Waals surface area contributed by atoms with E-state index in [4.69, 9.17) is 17.2 Å². The molecular weight excluding hydrogens is 762 g/mol. The van der Waals surface area contributed by atoms with E-state index in [2.05, 4.69) is 54.9 Å². The zero-order valence-corrected chi connectivity index (χ0v) is 32.3. The van der Waals surface area contributed by atoms with E-state index in [0.717, 1.165) is 66.7 Å². The summed E-state index contributed by atoms with van der Waals surface area (Å²) in [6.07, 6.45) is 6.72. The topological polar surface area (TPSA) is 261 Å². The number of anilines is 7. The molecule has 56 heavy (non-hydrogen) atoms. The fourth-order valence-corrected chi connectivity index (χ4v) is 7.41. The number of primary amides is 2. The summed E-state index contributed by atoms with van der Waals surface area (Å²) in [5.74, 6) is 0.178. The highest BCUT2D eigenvalue weighted by Gasteiger charge is 2.25. The number of nitrogens with one attached hydrogen (secondary N) is 4. The monoisotopic (exact) mass is 803 g/mol. The van der Waals surface area contributed by atoms with Crippen LogP contribution < -0.4 is 48.3 Å². The maximum absolute atomic E-state index is 13.0.